The second-order valence-corrected chi connectivity index (χ2v) is 5.00. The summed E-state index contributed by atoms with van der Waals surface area (Å²) in [6, 6.07) is 16.9. The maximum absolute atomic E-state index is 6.26. The molecule has 0 N–H and O–H groups in total. The normalized spacial score (nSPS) is 14.1. The van der Waals surface area contributed by atoms with Crippen molar-refractivity contribution in [3.63, 3.8) is 0 Å². The first-order valence-corrected chi connectivity index (χ1v) is 7.10. The summed E-state index contributed by atoms with van der Waals surface area (Å²) in [4.78, 5) is 0. The van der Waals surface area contributed by atoms with E-state index in [0.29, 0.717) is 6.61 Å². The van der Waals surface area contributed by atoms with Gasteiger partial charge in [0.05, 0.1) is 0 Å². The van der Waals surface area contributed by atoms with Gasteiger partial charge >= 0.3 is 0 Å². The minimum absolute atomic E-state index is 0.599. The Bertz CT molecular complexity index is 643. The van der Waals surface area contributed by atoms with Crippen LogP contribution in [0.1, 0.15) is 31.4 Å². The van der Waals surface area contributed by atoms with Gasteiger partial charge in [0.1, 0.15) is 0 Å². The van der Waals surface area contributed by atoms with Crippen LogP contribution in [-0.2, 0) is 10.3 Å². The molecule has 0 spiro atoms. The number of ether oxygens (including phenoxy) is 1. The van der Waals surface area contributed by atoms with E-state index in [2.05, 4.69) is 67.3 Å². The quantitative estimate of drug-likeness (QED) is 0.747. The van der Waals surface area contributed by atoms with Crippen LogP contribution in [0, 0.1) is 11.8 Å². The van der Waals surface area contributed by atoms with Crippen LogP contribution in [0.4, 0.5) is 0 Å². The van der Waals surface area contributed by atoms with Crippen molar-refractivity contribution in [3.8, 4) is 23.0 Å². The van der Waals surface area contributed by atoms with Gasteiger partial charge < -0.3 is 4.74 Å². The lowest BCUT2D eigenvalue weighted by molar-refractivity contribution is 0.0300. The van der Waals surface area contributed by atoms with Crippen LogP contribution < -0.4 is 0 Å². The Morgan fingerprint density at radius 3 is 2.00 bits per heavy atom. The number of rotatable bonds is 3. The molecule has 1 heteroatoms. The molecule has 1 aliphatic carbocycles. The van der Waals surface area contributed by atoms with E-state index in [1.165, 1.54) is 22.3 Å². The third-order valence-corrected chi connectivity index (χ3v) is 3.73. The molecule has 2 aromatic rings. The van der Waals surface area contributed by atoms with E-state index in [0.717, 1.165) is 6.42 Å². The lowest BCUT2D eigenvalue weighted by Gasteiger charge is -2.26. The third kappa shape index (κ3) is 1.77. The van der Waals surface area contributed by atoms with Gasteiger partial charge in [0, 0.05) is 17.7 Å². The SMILES string of the molecule is CC#CC1(OCCC)c2ccccc2-c2ccccc21. The van der Waals surface area contributed by atoms with E-state index < -0.39 is 5.60 Å². The summed E-state index contributed by atoms with van der Waals surface area (Å²) in [7, 11) is 0. The molecule has 0 atom stereocenters. The highest BCUT2D eigenvalue weighted by atomic mass is 16.5. The third-order valence-electron chi connectivity index (χ3n) is 3.73. The molecule has 2 aromatic carbocycles. The Kier molecular flexibility index (Phi) is 3.34. The van der Waals surface area contributed by atoms with Crippen molar-refractivity contribution in [1.82, 2.24) is 0 Å². The predicted molar refractivity (Wildman–Crippen MR) is 82.4 cm³/mol. The van der Waals surface area contributed by atoms with Crippen molar-refractivity contribution >= 4 is 0 Å². The van der Waals surface area contributed by atoms with Crippen LogP contribution in [0.25, 0.3) is 11.1 Å². The molecular formula is C19H18O. The van der Waals surface area contributed by atoms with Crippen LogP contribution in [0.3, 0.4) is 0 Å². The molecule has 1 aliphatic rings. The summed E-state index contributed by atoms with van der Waals surface area (Å²) >= 11 is 0. The Morgan fingerprint density at radius 1 is 0.950 bits per heavy atom. The molecule has 0 saturated heterocycles. The molecular weight excluding hydrogens is 244 g/mol. The summed E-state index contributed by atoms with van der Waals surface area (Å²) < 4.78 is 6.26. The number of benzene rings is 2. The Morgan fingerprint density at radius 2 is 1.50 bits per heavy atom. The van der Waals surface area contributed by atoms with E-state index in [9.17, 15) is 0 Å². The molecule has 1 nitrogen and oxygen atoms in total. The first kappa shape index (κ1) is 13.0. The van der Waals surface area contributed by atoms with Crippen LogP contribution in [0.5, 0.6) is 0 Å². The minimum atomic E-state index is -0.599. The molecule has 0 aliphatic heterocycles. The van der Waals surface area contributed by atoms with Crippen LogP contribution >= 0.6 is 0 Å². The zero-order valence-electron chi connectivity index (χ0n) is 11.9. The maximum Gasteiger partial charge on any atom is 0.180 e. The van der Waals surface area contributed by atoms with Crippen molar-refractivity contribution in [1.29, 1.82) is 0 Å². The van der Waals surface area contributed by atoms with Crippen LogP contribution in [-0.4, -0.2) is 6.61 Å². The molecule has 100 valence electrons. The molecule has 0 fully saturated rings. The molecule has 0 radical (unpaired) electrons. The van der Waals surface area contributed by atoms with Gasteiger partial charge in [0.15, 0.2) is 5.60 Å². The molecule has 0 amide bonds. The summed E-state index contributed by atoms with van der Waals surface area (Å²) in [5.74, 6) is 6.40. The zero-order chi connectivity index (χ0) is 14.0. The molecule has 0 aromatic heterocycles. The molecule has 20 heavy (non-hydrogen) atoms. The zero-order valence-corrected chi connectivity index (χ0v) is 11.9. The van der Waals surface area contributed by atoms with Crippen molar-refractivity contribution in [2.24, 2.45) is 0 Å². The van der Waals surface area contributed by atoms with Gasteiger partial charge in [-0.3, -0.25) is 0 Å². The number of hydrogen-bond donors (Lipinski definition) is 0. The van der Waals surface area contributed by atoms with Crippen molar-refractivity contribution in [2.75, 3.05) is 6.61 Å². The van der Waals surface area contributed by atoms with Crippen molar-refractivity contribution in [3.05, 3.63) is 59.7 Å². The largest absolute Gasteiger partial charge is 0.354 e. The topological polar surface area (TPSA) is 9.23 Å². The van der Waals surface area contributed by atoms with Gasteiger partial charge in [0.25, 0.3) is 0 Å². The predicted octanol–water partition coefficient (Wildman–Crippen LogP) is 4.36. The summed E-state index contributed by atoms with van der Waals surface area (Å²) in [6.45, 7) is 4.71. The Balaban J connectivity index is 2.29. The Labute approximate surface area is 120 Å². The van der Waals surface area contributed by atoms with Crippen molar-refractivity contribution < 1.29 is 4.74 Å². The van der Waals surface area contributed by atoms with Gasteiger partial charge in [-0.25, -0.2) is 0 Å². The first-order valence-electron chi connectivity index (χ1n) is 7.10. The fraction of sp³-hybridized carbons (Fsp3) is 0.263. The summed E-state index contributed by atoms with van der Waals surface area (Å²) in [5, 5.41) is 0. The van der Waals surface area contributed by atoms with Gasteiger partial charge in [-0.2, -0.15) is 0 Å². The van der Waals surface area contributed by atoms with E-state index in [-0.39, 0.29) is 0 Å². The van der Waals surface area contributed by atoms with Crippen molar-refractivity contribution in [2.45, 2.75) is 25.9 Å². The smallest absolute Gasteiger partial charge is 0.180 e. The average Bonchev–Trinajstić information content (AvgIpc) is 2.78. The minimum Gasteiger partial charge on any atom is -0.354 e. The van der Waals surface area contributed by atoms with Gasteiger partial charge in [-0.1, -0.05) is 61.4 Å². The molecule has 3 rings (SSSR count). The number of hydrogen-bond acceptors (Lipinski definition) is 1. The van der Waals surface area contributed by atoms with E-state index in [4.69, 9.17) is 4.74 Å². The van der Waals surface area contributed by atoms with Gasteiger partial charge in [-0.15, -0.1) is 5.92 Å². The van der Waals surface area contributed by atoms with Crippen LogP contribution in [0.2, 0.25) is 0 Å². The van der Waals surface area contributed by atoms with Crippen LogP contribution in [0.15, 0.2) is 48.5 Å². The maximum atomic E-state index is 6.26. The van der Waals surface area contributed by atoms with E-state index in [1.807, 2.05) is 6.92 Å². The van der Waals surface area contributed by atoms with Gasteiger partial charge in [-0.05, 0) is 24.5 Å². The highest BCUT2D eigenvalue weighted by Crippen LogP contribution is 2.49. The number of fused-ring (bicyclic) bond motifs is 3. The average molecular weight is 262 g/mol. The highest BCUT2D eigenvalue weighted by Gasteiger charge is 2.42. The summed E-state index contributed by atoms with van der Waals surface area (Å²) in [5.41, 5.74) is 4.22. The molecule has 0 unspecified atom stereocenters. The standard InChI is InChI=1S/C19H18O/c1-3-13-19(20-14-4-2)17-11-7-5-9-15(17)16-10-6-8-12-18(16)19/h5-12H,4,14H2,1-2H3. The monoisotopic (exact) mass is 262 g/mol. The first-order chi connectivity index (χ1) is 9.83. The highest BCUT2D eigenvalue weighted by molar-refractivity contribution is 5.82. The fourth-order valence-corrected chi connectivity index (χ4v) is 2.95. The Hall–Kier alpha value is -2.04. The van der Waals surface area contributed by atoms with E-state index >= 15 is 0 Å². The fourth-order valence-electron chi connectivity index (χ4n) is 2.95. The summed E-state index contributed by atoms with van der Waals surface area (Å²) in [6.07, 6.45) is 0.984. The second kappa shape index (κ2) is 5.15. The lowest BCUT2D eigenvalue weighted by atomic mass is 9.91. The molecule has 0 saturated carbocycles. The second-order valence-electron chi connectivity index (χ2n) is 5.00. The molecule has 0 heterocycles. The van der Waals surface area contributed by atoms with E-state index in [1.54, 1.807) is 0 Å². The lowest BCUT2D eigenvalue weighted by Crippen LogP contribution is -2.27. The molecule has 0 bridgehead atoms. The van der Waals surface area contributed by atoms with Gasteiger partial charge in [0.2, 0.25) is 0 Å².